The van der Waals surface area contributed by atoms with E-state index in [9.17, 15) is 31.9 Å². The van der Waals surface area contributed by atoms with Crippen LogP contribution in [0.1, 0.15) is 32.1 Å². The highest BCUT2D eigenvalue weighted by Crippen LogP contribution is 2.60. The second-order valence-corrected chi connectivity index (χ2v) is 8.51. The van der Waals surface area contributed by atoms with Crippen molar-refractivity contribution in [1.82, 2.24) is 0 Å². The summed E-state index contributed by atoms with van der Waals surface area (Å²) in [4.78, 5) is 23.4. The van der Waals surface area contributed by atoms with Gasteiger partial charge in [0, 0.05) is 11.3 Å². The van der Waals surface area contributed by atoms with E-state index in [1.54, 1.807) is 0 Å². The molecule has 0 heterocycles. The fourth-order valence-electron chi connectivity index (χ4n) is 4.60. The first-order chi connectivity index (χ1) is 10.4. The first kappa shape index (κ1) is 16.7. The van der Waals surface area contributed by atoms with Crippen molar-refractivity contribution >= 4 is 21.9 Å². The zero-order valence-corrected chi connectivity index (χ0v) is 12.8. The van der Waals surface area contributed by atoms with Crippen LogP contribution in [0.5, 0.6) is 0 Å². The van der Waals surface area contributed by atoms with Gasteiger partial charge in [0.25, 0.3) is 0 Å². The molecule has 2 N–H and O–H groups in total. The number of Topliss-reactive ketones (excluding diaryl/α,β-unsaturated/α-hetero) is 1. The van der Waals surface area contributed by atoms with E-state index < -0.39 is 39.0 Å². The highest BCUT2D eigenvalue weighted by Gasteiger charge is 2.63. The van der Waals surface area contributed by atoms with Gasteiger partial charge < -0.3 is 9.84 Å². The fourth-order valence-corrected chi connectivity index (χ4v) is 4.87. The van der Waals surface area contributed by atoms with Gasteiger partial charge in [-0.15, -0.1) is 0 Å². The Labute approximate surface area is 130 Å². The van der Waals surface area contributed by atoms with Gasteiger partial charge in [0.1, 0.15) is 5.60 Å². The third-order valence-electron chi connectivity index (χ3n) is 5.21. The number of aliphatic hydroxyl groups is 1. The van der Waals surface area contributed by atoms with Crippen LogP contribution < -0.4 is 0 Å². The summed E-state index contributed by atoms with van der Waals surface area (Å²) in [7, 11) is -5.91. The Kier molecular flexibility index (Phi) is 3.42. The zero-order chi connectivity index (χ0) is 17.3. The molecule has 4 fully saturated rings. The van der Waals surface area contributed by atoms with Crippen LogP contribution in [-0.2, 0) is 24.4 Å². The second kappa shape index (κ2) is 4.70. The van der Waals surface area contributed by atoms with Gasteiger partial charge in [-0.05, 0) is 38.0 Å². The first-order valence-corrected chi connectivity index (χ1v) is 8.61. The van der Waals surface area contributed by atoms with E-state index >= 15 is 0 Å². The largest absolute Gasteiger partial charge is 0.465 e. The molecule has 4 atom stereocenters. The minimum atomic E-state index is -5.91. The lowest BCUT2D eigenvalue weighted by Crippen LogP contribution is -2.63. The topological polar surface area (TPSA) is 118 Å². The molecule has 4 rings (SSSR count). The minimum Gasteiger partial charge on any atom is -0.460 e. The number of carbonyl (C=O) groups is 2. The molecule has 4 saturated carbocycles. The number of esters is 1. The van der Waals surface area contributed by atoms with Crippen molar-refractivity contribution in [3.63, 3.8) is 0 Å². The number of halogens is 2. The van der Waals surface area contributed by atoms with E-state index in [4.69, 9.17) is 4.55 Å². The van der Waals surface area contributed by atoms with Crippen molar-refractivity contribution in [2.75, 3.05) is 6.61 Å². The van der Waals surface area contributed by atoms with Gasteiger partial charge in [0.2, 0.25) is 0 Å². The molecule has 10 heteroatoms. The number of ether oxygens (including phenoxy) is 1. The maximum absolute atomic E-state index is 13.2. The van der Waals surface area contributed by atoms with E-state index in [-0.39, 0.29) is 24.0 Å². The lowest BCUT2D eigenvalue weighted by atomic mass is 9.47. The number of hydrogen-bond acceptors (Lipinski definition) is 6. The molecule has 23 heavy (non-hydrogen) atoms. The molecule has 0 spiro atoms. The molecule has 0 radical (unpaired) electrons. The van der Waals surface area contributed by atoms with Crippen LogP contribution in [0.15, 0.2) is 0 Å². The highest BCUT2D eigenvalue weighted by molar-refractivity contribution is 7.87. The van der Waals surface area contributed by atoms with Crippen LogP contribution in [-0.4, -0.2) is 47.3 Å². The third kappa shape index (κ3) is 2.47. The Bertz CT molecular complexity index is 676. The Morgan fingerprint density at radius 1 is 1.35 bits per heavy atom. The van der Waals surface area contributed by atoms with Crippen molar-refractivity contribution in [2.24, 2.45) is 17.3 Å². The van der Waals surface area contributed by atoms with Gasteiger partial charge in [-0.3, -0.25) is 9.35 Å². The van der Waals surface area contributed by atoms with Gasteiger partial charge >= 0.3 is 21.3 Å². The zero-order valence-electron chi connectivity index (χ0n) is 12.0. The Hall–Kier alpha value is -1.13. The summed E-state index contributed by atoms with van der Waals surface area (Å²) in [6, 6.07) is 0. The molecule has 130 valence electrons. The number of alkyl halides is 2. The molecule has 0 aromatic heterocycles. The van der Waals surface area contributed by atoms with E-state index in [0.717, 1.165) is 0 Å². The SMILES string of the molecule is O=C1C2CC3CC(COC(=O)C(F)(F)S(=O)(=O)O)(C2)CC1(O)C3. The van der Waals surface area contributed by atoms with Crippen molar-refractivity contribution in [1.29, 1.82) is 0 Å². The van der Waals surface area contributed by atoms with Crippen LogP contribution in [0, 0.1) is 17.3 Å². The second-order valence-electron chi connectivity index (χ2n) is 7.05. The lowest BCUT2D eigenvalue weighted by molar-refractivity contribution is -0.195. The number of rotatable bonds is 4. The molecule has 7 nitrogen and oxygen atoms in total. The number of hydrogen-bond donors (Lipinski definition) is 2. The first-order valence-electron chi connectivity index (χ1n) is 7.17. The molecule has 4 bridgehead atoms. The number of carbonyl (C=O) groups excluding carboxylic acids is 2. The smallest absolute Gasteiger partial charge is 0.460 e. The summed E-state index contributed by atoms with van der Waals surface area (Å²) in [6.07, 6.45) is 1.78. The Morgan fingerprint density at radius 2 is 2.00 bits per heavy atom. The maximum atomic E-state index is 13.2. The molecule has 0 aromatic rings. The highest BCUT2D eigenvalue weighted by atomic mass is 32.2. The van der Waals surface area contributed by atoms with Crippen molar-refractivity contribution in [2.45, 2.75) is 43.0 Å². The summed E-state index contributed by atoms with van der Waals surface area (Å²) >= 11 is 0. The lowest BCUT2D eigenvalue weighted by Gasteiger charge is -2.58. The van der Waals surface area contributed by atoms with Crippen LogP contribution >= 0.6 is 0 Å². The summed E-state index contributed by atoms with van der Waals surface area (Å²) in [5.74, 6) is -2.94. The van der Waals surface area contributed by atoms with Crippen LogP contribution in [0.2, 0.25) is 0 Å². The van der Waals surface area contributed by atoms with Crippen LogP contribution in [0.25, 0.3) is 0 Å². The Balaban J connectivity index is 1.75. The Morgan fingerprint density at radius 3 is 2.57 bits per heavy atom. The van der Waals surface area contributed by atoms with Crippen LogP contribution in [0.4, 0.5) is 8.78 Å². The summed E-state index contributed by atoms with van der Waals surface area (Å²) in [5.41, 5.74) is -2.32. The van der Waals surface area contributed by atoms with Gasteiger partial charge in [-0.1, -0.05) is 0 Å². The van der Waals surface area contributed by atoms with Crippen molar-refractivity contribution in [3.8, 4) is 0 Å². The molecule has 4 aliphatic carbocycles. The summed E-state index contributed by atoms with van der Waals surface area (Å²) in [5, 5.41) is 5.38. The molecule has 4 unspecified atom stereocenters. The van der Waals surface area contributed by atoms with E-state index in [1.807, 2.05) is 0 Å². The van der Waals surface area contributed by atoms with Gasteiger partial charge in [-0.25, -0.2) is 4.79 Å². The summed E-state index contributed by atoms with van der Waals surface area (Å²) < 4.78 is 60.3. The molecule has 0 saturated heterocycles. The average Bonchev–Trinajstić information content (AvgIpc) is 2.39. The fraction of sp³-hybridized carbons (Fsp3) is 0.846. The van der Waals surface area contributed by atoms with Gasteiger partial charge in [-0.2, -0.15) is 17.2 Å². The summed E-state index contributed by atoms with van der Waals surface area (Å²) in [6.45, 7) is -0.514. The maximum Gasteiger partial charge on any atom is 0.465 e. The normalized spacial score (nSPS) is 39.6. The van der Waals surface area contributed by atoms with E-state index in [0.29, 0.717) is 25.7 Å². The average molecular weight is 354 g/mol. The molecular weight excluding hydrogens is 338 g/mol. The molecule has 0 aliphatic heterocycles. The third-order valence-corrected chi connectivity index (χ3v) is 6.03. The predicted octanol–water partition coefficient (Wildman–Crippen LogP) is 0.521. The molecule has 0 aromatic carbocycles. The predicted molar refractivity (Wildman–Crippen MR) is 69.9 cm³/mol. The van der Waals surface area contributed by atoms with Gasteiger partial charge in [0.05, 0.1) is 6.61 Å². The number of ketones is 1. The van der Waals surface area contributed by atoms with Crippen molar-refractivity contribution < 1.29 is 41.2 Å². The van der Waals surface area contributed by atoms with Crippen LogP contribution in [0.3, 0.4) is 0 Å². The molecular formula is C13H16F2O7S. The van der Waals surface area contributed by atoms with Crippen molar-refractivity contribution in [3.05, 3.63) is 0 Å². The molecule has 0 amide bonds. The minimum absolute atomic E-state index is 0.0105. The molecule has 4 aliphatic rings. The van der Waals surface area contributed by atoms with E-state index in [1.165, 1.54) is 0 Å². The van der Waals surface area contributed by atoms with Gasteiger partial charge in [0.15, 0.2) is 5.78 Å². The quantitative estimate of drug-likeness (QED) is 0.558. The van der Waals surface area contributed by atoms with E-state index in [2.05, 4.69) is 4.74 Å². The monoisotopic (exact) mass is 354 g/mol. The standard InChI is InChI=1S/C13H16F2O7S/c14-13(15,23(19,20)21)10(17)22-6-11-2-7-1-8(4-11)9(16)12(18,3-7)5-11/h7-8,18H,1-6H2,(H,19,20,21).